The molecule has 1 heterocycles. The zero-order valence-electron chi connectivity index (χ0n) is 11.8. The second-order valence-electron chi connectivity index (χ2n) is 4.17. The topological polar surface area (TPSA) is 103 Å². The molecular formula is C13H13N5O3. The Bertz CT molecular complexity index is 697. The van der Waals surface area contributed by atoms with Crippen molar-refractivity contribution in [2.24, 2.45) is 4.99 Å². The molecule has 0 radical (unpaired) electrons. The first-order chi connectivity index (χ1) is 9.99. The van der Waals surface area contributed by atoms with Gasteiger partial charge in [0.15, 0.2) is 0 Å². The van der Waals surface area contributed by atoms with Crippen molar-refractivity contribution in [3.8, 4) is 6.01 Å². The molecule has 0 aliphatic carbocycles. The van der Waals surface area contributed by atoms with Crippen molar-refractivity contribution in [1.82, 2.24) is 15.0 Å². The van der Waals surface area contributed by atoms with E-state index in [0.29, 0.717) is 11.5 Å². The Hall–Kier alpha value is -2.90. The quantitative estimate of drug-likeness (QED) is 0.485. The Morgan fingerprint density at radius 2 is 1.90 bits per heavy atom. The predicted octanol–water partition coefficient (Wildman–Crippen LogP) is 2.24. The number of nitrogens with zero attached hydrogens (tertiary/aromatic N) is 5. The molecule has 1 aromatic carbocycles. The van der Waals surface area contributed by atoms with Gasteiger partial charge in [0.1, 0.15) is 5.82 Å². The van der Waals surface area contributed by atoms with Crippen LogP contribution in [-0.4, -0.2) is 32.7 Å². The van der Waals surface area contributed by atoms with Crippen molar-refractivity contribution in [3.63, 3.8) is 0 Å². The van der Waals surface area contributed by atoms with E-state index in [2.05, 4.69) is 19.9 Å². The summed E-state index contributed by atoms with van der Waals surface area (Å²) >= 11 is 0. The number of aryl methyl sites for hydroxylation is 1. The third kappa shape index (κ3) is 3.56. The van der Waals surface area contributed by atoms with Gasteiger partial charge in [-0.3, -0.25) is 10.1 Å². The molecule has 0 atom stereocenters. The Balaban J connectivity index is 2.32. The Morgan fingerprint density at radius 1 is 1.24 bits per heavy atom. The molecule has 0 spiro atoms. The van der Waals surface area contributed by atoms with Crippen LogP contribution in [0.2, 0.25) is 0 Å². The van der Waals surface area contributed by atoms with Crippen LogP contribution in [0.5, 0.6) is 6.01 Å². The van der Waals surface area contributed by atoms with Gasteiger partial charge in [0.05, 0.1) is 12.0 Å². The first-order valence-electron chi connectivity index (χ1n) is 6.06. The molecule has 0 bridgehead atoms. The SMILES string of the molecule is COc1nc(C)nc(/N=C(\C)c2ccc([N+](=O)[O-])cc2)n1. The van der Waals surface area contributed by atoms with Crippen molar-refractivity contribution in [1.29, 1.82) is 0 Å². The van der Waals surface area contributed by atoms with Crippen LogP contribution in [0, 0.1) is 17.0 Å². The van der Waals surface area contributed by atoms with E-state index >= 15 is 0 Å². The molecule has 0 saturated carbocycles. The van der Waals surface area contributed by atoms with E-state index in [1.165, 1.54) is 19.2 Å². The van der Waals surface area contributed by atoms with E-state index in [1.54, 1.807) is 26.0 Å². The summed E-state index contributed by atoms with van der Waals surface area (Å²) in [5.74, 6) is 0.729. The Kier molecular flexibility index (Phi) is 4.17. The van der Waals surface area contributed by atoms with Crippen molar-refractivity contribution in [2.75, 3.05) is 7.11 Å². The van der Waals surface area contributed by atoms with Gasteiger partial charge in [-0.25, -0.2) is 4.99 Å². The van der Waals surface area contributed by atoms with Gasteiger partial charge in [-0.05, 0) is 31.5 Å². The molecule has 0 amide bonds. The lowest BCUT2D eigenvalue weighted by Gasteiger charge is -2.02. The van der Waals surface area contributed by atoms with Gasteiger partial charge >= 0.3 is 6.01 Å². The van der Waals surface area contributed by atoms with Crippen molar-refractivity contribution < 1.29 is 9.66 Å². The maximum Gasteiger partial charge on any atom is 0.321 e. The molecule has 0 fully saturated rings. The van der Waals surface area contributed by atoms with Gasteiger partial charge in [-0.1, -0.05) is 0 Å². The van der Waals surface area contributed by atoms with Crippen LogP contribution in [0.25, 0.3) is 0 Å². The summed E-state index contributed by atoms with van der Waals surface area (Å²) in [6, 6.07) is 6.30. The van der Waals surface area contributed by atoms with Crippen LogP contribution < -0.4 is 4.74 Å². The standard InChI is InChI=1S/C13H13N5O3/c1-8(10-4-6-11(7-5-10)18(19)20)14-12-15-9(2)16-13(17-12)21-3/h4-7H,1-3H3/b14-8+. The molecule has 0 N–H and O–H groups in total. The fourth-order valence-corrected chi connectivity index (χ4v) is 1.62. The van der Waals surface area contributed by atoms with Crippen molar-refractivity contribution in [2.45, 2.75) is 13.8 Å². The van der Waals surface area contributed by atoms with E-state index in [-0.39, 0.29) is 17.6 Å². The van der Waals surface area contributed by atoms with Crippen LogP contribution in [0.1, 0.15) is 18.3 Å². The molecule has 8 nitrogen and oxygen atoms in total. The maximum atomic E-state index is 10.6. The van der Waals surface area contributed by atoms with Gasteiger partial charge in [-0.15, -0.1) is 0 Å². The fraction of sp³-hybridized carbons (Fsp3) is 0.231. The minimum atomic E-state index is -0.448. The normalized spacial score (nSPS) is 11.3. The summed E-state index contributed by atoms with van der Waals surface area (Å²) in [6.07, 6.45) is 0. The smallest absolute Gasteiger partial charge is 0.321 e. The maximum absolute atomic E-state index is 10.6. The highest BCUT2D eigenvalue weighted by molar-refractivity contribution is 5.99. The third-order valence-electron chi connectivity index (χ3n) is 2.66. The third-order valence-corrected chi connectivity index (χ3v) is 2.66. The lowest BCUT2D eigenvalue weighted by Crippen LogP contribution is -2.00. The fourth-order valence-electron chi connectivity index (χ4n) is 1.62. The first-order valence-corrected chi connectivity index (χ1v) is 6.06. The van der Waals surface area contributed by atoms with E-state index in [0.717, 1.165) is 5.56 Å². The average molecular weight is 287 g/mol. The van der Waals surface area contributed by atoms with Crippen LogP contribution in [0.3, 0.4) is 0 Å². The molecule has 0 aliphatic heterocycles. The number of benzene rings is 1. The predicted molar refractivity (Wildman–Crippen MR) is 76.1 cm³/mol. The van der Waals surface area contributed by atoms with Gasteiger partial charge in [0, 0.05) is 17.8 Å². The zero-order valence-corrected chi connectivity index (χ0v) is 11.8. The molecule has 0 saturated heterocycles. The van der Waals surface area contributed by atoms with E-state index in [9.17, 15) is 10.1 Å². The zero-order chi connectivity index (χ0) is 15.4. The van der Waals surface area contributed by atoms with E-state index in [1.807, 2.05) is 0 Å². The molecule has 21 heavy (non-hydrogen) atoms. The largest absolute Gasteiger partial charge is 0.467 e. The summed E-state index contributed by atoms with van der Waals surface area (Å²) in [7, 11) is 1.46. The number of hydrogen-bond donors (Lipinski definition) is 0. The number of non-ortho nitro benzene ring substituents is 1. The molecule has 108 valence electrons. The molecule has 2 aromatic rings. The highest BCUT2D eigenvalue weighted by Gasteiger charge is 2.07. The monoisotopic (exact) mass is 287 g/mol. The minimum absolute atomic E-state index is 0.0317. The summed E-state index contributed by atoms with van der Waals surface area (Å²) in [5.41, 5.74) is 1.42. The van der Waals surface area contributed by atoms with Gasteiger partial charge in [-0.2, -0.15) is 15.0 Å². The molecule has 0 unspecified atom stereocenters. The number of rotatable bonds is 4. The molecule has 0 aliphatic rings. The highest BCUT2D eigenvalue weighted by atomic mass is 16.6. The van der Waals surface area contributed by atoms with Gasteiger partial charge in [0.2, 0.25) is 0 Å². The molecule has 2 rings (SSSR count). The second-order valence-corrected chi connectivity index (χ2v) is 4.17. The summed E-state index contributed by atoms with van der Waals surface area (Å²) in [5, 5.41) is 10.6. The number of ether oxygens (including phenoxy) is 1. The lowest BCUT2D eigenvalue weighted by atomic mass is 10.1. The Labute approximate surface area is 120 Å². The second kappa shape index (κ2) is 6.04. The molecular weight excluding hydrogens is 274 g/mol. The number of hydrogen-bond acceptors (Lipinski definition) is 7. The van der Waals surface area contributed by atoms with E-state index in [4.69, 9.17) is 4.74 Å². The highest BCUT2D eigenvalue weighted by Crippen LogP contribution is 2.15. The first kappa shape index (κ1) is 14.5. The number of aliphatic imine (C=N–C) groups is 1. The van der Waals surface area contributed by atoms with Gasteiger partial charge < -0.3 is 4.74 Å². The number of nitro groups is 1. The lowest BCUT2D eigenvalue weighted by molar-refractivity contribution is -0.384. The van der Waals surface area contributed by atoms with Crippen LogP contribution >= 0.6 is 0 Å². The number of aromatic nitrogens is 3. The van der Waals surface area contributed by atoms with Crippen molar-refractivity contribution in [3.05, 3.63) is 45.8 Å². The van der Waals surface area contributed by atoms with Crippen LogP contribution in [0.4, 0.5) is 11.6 Å². The van der Waals surface area contributed by atoms with E-state index < -0.39 is 4.92 Å². The summed E-state index contributed by atoms with van der Waals surface area (Å²) < 4.78 is 4.96. The number of nitro benzene ring substituents is 1. The summed E-state index contributed by atoms with van der Waals surface area (Å²) in [6.45, 7) is 3.48. The average Bonchev–Trinajstić information content (AvgIpc) is 2.46. The number of methoxy groups -OCH3 is 1. The van der Waals surface area contributed by atoms with Crippen LogP contribution in [-0.2, 0) is 0 Å². The van der Waals surface area contributed by atoms with Crippen LogP contribution in [0.15, 0.2) is 29.3 Å². The molecule has 1 aromatic heterocycles. The van der Waals surface area contributed by atoms with Crippen molar-refractivity contribution >= 4 is 17.3 Å². The summed E-state index contributed by atoms with van der Waals surface area (Å²) in [4.78, 5) is 26.5. The Morgan fingerprint density at radius 3 is 2.48 bits per heavy atom. The molecule has 8 heteroatoms. The van der Waals surface area contributed by atoms with Gasteiger partial charge in [0.25, 0.3) is 11.6 Å². The minimum Gasteiger partial charge on any atom is -0.467 e.